The molecule has 0 N–H and O–H groups in total. The molecule has 2 heterocycles. The molecular weight excluding hydrogens is 446 g/mol. The summed E-state index contributed by atoms with van der Waals surface area (Å²) in [6.07, 6.45) is 0. The van der Waals surface area contributed by atoms with E-state index in [1.165, 1.54) is 41.3 Å². The van der Waals surface area contributed by atoms with E-state index in [-0.39, 0.29) is 42.5 Å². The van der Waals surface area contributed by atoms with E-state index in [2.05, 4.69) is 0 Å². The third-order valence-electron chi connectivity index (χ3n) is 5.90. The van der Waals surface area contributed by atoms with Gasteiger partial charge < -0.3 is 18.9 Å². The predicted octanol–water partition coefficient (Wildman–Crippen LogP) is 1.70. The number of hydrogen-bond acceptors (Lipinski definition) is 6. The molecule has 10 heteroatoms. The highest BCUT2D eigenvalue weighted by molar-refractivity contribution is 7.89. The van der Waals surface area contributed by atoms with Gasteiger partial charge in [0.05, 0.1) is 30.2 Å². The van der Waals surface area contributed by atoms with E-state index in [1.807, 2.05) is 12.1 Å². The summed E-state index contributed by atoms with van der Waals surface area (Å²) in [7, 11) is 0.813. The number of para-hydroxylation sites is 1. The van der Waals surface area contributed by atoms with Gasteiger partial charge in [0, 0.05) is 50.7 Å². The van der Waals surface area contributed by atoms with Gasteiger partial charge in [-0.25, -0.2) is 8.42 Å². The fourth-order valence-electron chi connectivity index (χ4n) is 4.02. The van der Waals surface area contributed by atoms with E-state index in [9.17, 15) is 18.0 Å². The van der Waals surface area contributed by atoms with Gasteiger partial charge in [0.2, 0.25) is 10.0 Å². The third kappa shape index (κ3) is 4.07. The van der Waals surface area contributed by atoms with Crippen molar-refractivity contribution in [3.05, 3.63) is 64.4 Å². The number of benzene rings is 2. The molecule has 4 rings (SSSR count). The SMILES string of the molecule is COc1ccc(S(=O)(=O)N2CCN(C(=O)c3cc(=O)n(C)c4ccccc34)CC2)cc1OC. The van der Waals surface area contributed by atoms with Crippen molar-refractivity contribution < 1.29 is 22.7 Å². The first-order valence-corrected chi connectivity index (χ1v) is 11.8. The summed E-state index contributed by atoms with van der Waals surface area (Å²) in [6, 6.07) is 13.0. The van der Waals surface area contributed by atoms with Gasteiger partial charge in [-0.1, -0.05) is 18.2 Å². The van der Waals surface area contributed by atoms with Gasteiger partial charge in [-0.15, -0.1) is 0 Å². The van der Waals surface area contributed by atoms with Gasteiger partial charge in [0.15, 0.2) is 11.5 Å². The van der Waals surface area contributed by atoms with Crippen molar-refractivity contribution in [1.29, 1.82) is 0 Å². The van der Waals surface area contributed by atoms with Crippen LogP contribution in [0.2, 0.25) is 0 Å². The average molecular weight is 472 g/mol. The van der Waals surface area contributed by atoms with Crippen LogP contribution >= 0.6 is 0 Å². The summed E-state index contributed by atoms with van der Waals surface area (Å²) in [4.78, 5) is 27.3. The number of aryl methyl sites for hydroxylation is 1. The summed E-state index contributed by atoms with van der Waals surface area (Å²) >= 11 is 0. The van der Waals surface area contributed by atoms with Gasteiger partial charge in [-0.3, -0.25) is 9.59 Å². The lowest BCUT2D eigenvalue weighted by molar-refractivity contribution is 0.0699. The van der Waals surface area contributed by atoms with Crippen molar-refractivity contribution in [2.24, 2.45) is 7.05 Å². The third-order valence-corrected chi connectivity index (χ3v) is 7.80. The lowest BCUT2D eigenvalue weighted by Crippen LogP contribution is -2.50. The maximum Gasteiger partial charge on any atom is 0.254 e. The summed E-state index contributed by atoms with van der Waals surface area (Å²) in [5.74, 6) is 0.477. The largest absolute Gasteiger partial charge is 0.493 e. The fraction of sp³-hybridized carbons (Fsp3) is 0.304. The molecular formula is C23H25N3O6S. The molecule has 3 aromatic rings. The number of carbonyl (C=O) groups excluding carboxylic acids is 1. The van der Waals surface area contributed by atoms with E-state index in [1.54, 1.807) is 30.1 Å². The Morgan fingerprint density at radius 2 is 1.58 bits per heavy atom. The number of amides is 1. The normalized spacial score (nSPS) is 14.9. The molecule has 0 aliphatic carbocycles. The van der Waals surface area contributed by atoms with Crippen LogP contribution in [0.5, 0.6) is 11.5 Å². The zero-order chi connectivity index (χ0) is 23.8. The highest BCUT2D eigenvalue weighted by atomic mass is 32.2. The Bertz CT molecular complexity index is 1370. The predicted molar refractivity (Wildman–Crippen MR) is 123 cm³/mol. The quantitative estimate of drug-likeness (QED) is 0.562. The van der Waals surface area contributed by atoms with Crippen molar-refractivity contribution in [2.45, 2.75) is 4.90 Å². The first-order valence-electron chi connectivity index (χ1n) is 10.4. The highest BCUT2D eigenvalue weighted by Gasteiger charge is 2.31. The van der Waals surface area contributed by atoms with Crippen molar-refractivity contribution >= 4 is 26.8 Å². The lowest BCUT2D eigenvalue weighted by atomic mass is 10.1. The van der Waals surface area contributed by atoms with Gasteiger partial charge in [0.1, 0.15) is 0 Å². The Balaban J connectivity index is 1.55. The lowest BCUT2D eigenvalue weighted by Gasteiger charge is -2.34. The van der Waals surface area contributed by atoms with Gasteiger partial charge in [-0.05, 0) is 18.2 Å². The number of ether oxygens (including phenoxy) is 2. The van der Waals surface area contributed by atoms with E-state index < -0.39 is 10.0 Å². The monoisotopic (exact) mass is 471 g/mol. The topological polar surface area (TPSA) is 98.2 Å². The second-order valence-corrected chi connectivity index (χ2v) is 9.62. The molecule has 1 aliphatic heterocycles. The highest BCUT2D eigenvalue weighted by Crippen LogP contribution is 2.31. The minimum atomic E-state index is -3.77. The molecule has 2 aromatic carbocycles. The van der Waals surface area contributed by atoms with E-state index >= 15 is 0 Å². The molecule has 9 nitrogen and oxygen atoms in total. The van der Waals surface area contributed by atoms with Crippen molar-refractivity contribution in [2.75, 3.05) is 40.4 Å². The number of carbonyl (C=O) groups is 1. The molecule has 0 bridgehead atoms. The smallest absolute Gasteiger partial charge is 0.254 e. The minimum absolute atomic E-state index is 0.0949. The van der Waals surface area contributed by atoms with Crippen LogP contribution in [0, 0.1) is 0 Å². The second kappa shape index (κ2) is 8.87. The van der Waals surface area contributed by atoms with Crippen LogP contribution in [0.25, 0.3) is 10.9 Å². The molecule has 1 saturated heterocycles. The Morgan fingerprint density at radius 3 is 2.24 bits per heavy atom. The maximum absolute atomic E-state index is 13.2. The van der Waals surface area contributed by atoms with Crippen molar-refractivity contribution in [3.8, 4) is 11.5 Å². The van der Waals surface area contributed by atoms with Gasteiger partial charge in [0.25, 0.3) is 11.5 Å². The molecule has 0 unspecified atom stereocenters. The standard InChI is InChI=1S/C23H25N3O6S/c1-24-19-7-5-4-6-17(19)18(15-22(24)27)23(28)25-10-12-26(13-11-25)33(29,30)16-8-9-20(31-2)21(14-16)32-3/h4-9,14-15H,10-13H2,1-3H3. The maximum atomic E-state index is 13.2. The van der Waals surface area contributed by atoms with Crippen molar-refractivity contribution in [3.63, 3.8) is 0 Å². The number of rotatable bonds is 5. The first-order chi connectivity index (χ1) is 15.8. The Labute approximate surface area is 191 Å². The zero-order valence-corrected chi connectivity index (χ0v) is 19.5. The molecule has 1 amide bonds. The molecule has 1 aliphatic rings. The minimum Gasteiger partial charge on any atom is -0.493 e. The number of pyridine rings is 1. The van der Waals surface area contributed by atoms with Crippen LogP contribution in [0.15, 0.2) is 58.2 Å². The number of sulfonamides is 1. The van der Waals surface area contributed by atoms with Crippen LogP contribution in [0.4, 0.5) is 0 Å². The number of methoxy groups -OCH3 is 2. The summed E-state index contributed by atoms with van der Waals surface area (Å²) in [5.41, 5.74) is 0.722. The molecule has 0 atom stereocenters. The Hall–Kier alpha value is -3.37. The van der Waals surface area contributed by atoms with Crippen LogP contribution in [-0.2, 0) is 17.1 Å². The van der Waals surface area contributed by atoms with Gasteiger partial charge in [-0.2, -0.15) is 4.31 Å². The van der Waals surface area contributed by atoms with Crippen molar-refractivity contribution in [1.82, 2.24) is 13.8 Å². The second-order valence-electron chi connectivity index (χ2n) is 7.69. The van der Waals surface area contributed by atoms with Crippen LogP contribution < -0.4 is 15.0 Å². The van der Waals surface area contributed by atoms with Gasteiger partial charge >= 0.3 is 0 Å². The molecule has 0 radical (unpaired) electrons. The first kappa shape index (κ1) is 22.8. The van der Waals surface area contributed by atoms with E-state index in [0.717, 1.165) is 0 Å². The Kier molecular flexibility index (Phi) is 6.13. The molecule has 1 fully saturated rings. The molecule has 0 spiro atoms. The number of aromatic nitrogens is 1. The van der Waals surface area contributed by atoms with Crippen LogP contribution in [0.1, 0.15) is 10.4 Å². The van der Waals surface area contributed by atoms with Crippen LogP contribution in [0.3, 0.4) is 0 Å². The number of piperazine rings is 1. The number of fused-ring (bicyclic) bond motifs is 1. The molecule has 0 saturated carbocycles. The van der Waals surface area contributed by atoms with Crippen LogP contribution in [-0.4, -0.2) is 68.5 Å². The van der Waals surface area contributed by atoms with E-state index in [4.69, 9.17) is 9.47 Å². The summed E-state index contributed by atoms with van der Waals surface area (Å²) < 4.78 is 39.5. The summed E-state index contributed by atoms with van der Waals surface area (Å²) in [6.45, 7) is 0.722. The summed E-state index contributed by atoms with van der Waals surface area (Å²) in [5, 5.41) is 0.685. The number of nitrogens with zero attached hydrogens (tertiary/aromatic N) is 3. The zero-order valence-electron chi connectivity index (χ0n) is 18.6. The molecule has 1 aromatic heterocycles. The van der Waals surface area contributed by atoms with E-state index in [0.29, 0.717) is 28.0 Å². The Morgan fingerprint density at radius 1 is 0.909 bits per heavy atom. The number of hydrogen-bond donors (Lipinski definition) is 0. The average Bonchev–Trinajstić information content (AvgIpc) is 2.85. The fourth-order valence-corrected chi connectivity index (χ4v) is 5.45. The molecule has 174 valence electrons. The molecule has 33 heavy (non-hydrogen) atoms.